The molecule has 0 fully saturated rings. The Bertz CT molecular complexity index is 461. The number of nitrogens with zero attached hydrogens (tertiary/aromatic N) is 1. The van der Waals surface area contributed by atoms with E-state index in [0.717, 1.165) is 10.2 Å². The van der Waals surface area contributed by atoms with E-state index in [1.807, 2.05) is 38.1 Å². The van der Waals surface area contributed by atoms with E-state index in [2.05, 4.69) is 21.2 Å². The molecule has 0 spiro atoms. The van der Waals surface area contributed by atoms with Crippen LogP contribution in [-0.4, -0.2) is 29.3 Å². The largest absolute Gasteiger partial charge is 0.340 e. The predicted octanol–water partition coefficient (Wildman–Crippen LogP) is 3.03. The summed E-state index contributed by atoms with van der Waals surface area (Å²) in [4.78, 5) is 24.9. The predicted molar refractivity (Wildman–Crippen MR) is 79.9 cm³/mol. The first-order chi connectivity index (χ1) is 8.90. The molecular weight excluding hydrogens is 308 g/mol. The highest BCUT2D eigenvalue weighted by atomic mass is 79.9. The standard InChI is InChI=1S/C14H19BrN2O2/c1-10(2)17(11(3)18)8-7-14(19)16-13-6-4-5-12(15)9-13/h4-6,9-10H,7-8H2,1-3H3,(H,16,19). The van der Waals surface area contributed by atoms with Gasteiger partial charge in [-0.3, -0.25) is 9.59 Å². The Balaban J connectivity index is 2.50. The van der Waals surface area contributed by atoms with Crippen molar-refractivity contribution in [3.05, 3.63) is 28.7 Å². The molecular formula is C14H19BrN2O2. The van der Waals surface area contributed by atoms with Gasteiger partial charge in [-0.1, -0.05) is 22.0 Å². The summed E-state index contributed by atoms with van der Waals surface area (Å²) in [6, 6.07) is 7.52. The Morgan fingerprint density at radius 1 is 1.37 bits per heavy atom. The average Bonchev–Trinajstić information content (AvgIpc) is 2.27. The van der Waals surface area contributed by atoms with Gasteiger partial charge in [-0.05, 0) is 32.0 Å². The second kappa shape index (κ2) is 7.28. The van der Waals surface area contributed by atoms with Gasteiger partial charge in [-0.15, -0.1) is 0 Å². The molecule has 1 aromatic carbocycles. The molecule has 0 bridgehead atoms. The molecule has 0 unspecified atom stereocenters. The number of anilines is 1. The highest BCUT2D eigenvalue weighted by Crippen LogP contribution is 2.15. The molecule has 104 valence electrons. The van der Waals surface area contributed by atoms with E-state index < -0.39 is 0 Å². The Labute approximate surface area is 122 Å². The summed E-state index contributed by atoms with van der Waals surface area (Å²) in [5, 5.41) is 2.81. The summed E-state index contributed by atoms with van der Waals surface area (Å²) in [6.45, 7) is 5.83. The van der Waals surface area contributed by atoms with Crippen LogP contribution >= 0.6 is 15.9 Å². The summed E-state index contributed by atoms with van der Waals surface area (Å²) in [7, 11) is 0. The molecule has 0 heterocycles. The van der Waals surface area contributed by atoms with Gasteiger partial charge in [0.1, 0.15) is 0 Å². The summed E-state index contributed by atoms with van der Waals surface area (Å²) in [6.07, 6.45) is 0.296. The van der Waals surface area contributed by atoms with E-state index in [4.69, 9.17) is 0 Å². The molecule has 19 heavy (non-hydrogen) atoms. The van der Waals surface area contributed by atoms with E-state index in [9.17, 15) is 9.59 Å². The molecule has 0 radical (unpaired) electrons. The Kier molecular flexibility index (Phi) is 6.02. The Hall–Kier alpha value is -1.36. The van der Waals surface area contributed by atoms with E-state index in [1.165, 1.54) is 6.92 Å². The topological polar surface area (TPSA) is 49.4 Å². The average molecular weight is 327 g/mol. The number of carbonyl (C=O) groups is 2. The summed E-state index contributed by atoms with van der Waals surface area (Å²) < 4.78 is 0.915. The van der Waals surface area contributed by atoms with Gasteiger partial charge in [0, 0.05) is 36.1 Å². The quantitative estimate of drug-likeness (QED) is 0.904. The van der Waals surface area contributed by atoms with Gasteiger partial charge >= 0.3 is 0 Å². The van der Waals surface area contributed by atoms with E-state index in [1.54, 1.807) is 4.90 Å². The van der Waals surface area contributed by atoms with Crippen LogP contribution in [0.1, 0.15) is 27.2 Å². The number of nitrogens with one attached hydrogen (secondary N) is 1. The SMILES string of the molecule is CC(=O)N(CCC(=O)Nc1cccc(Br)c1)C(C)C. The van der Waals surface area contributed by atoms with Crippen LogP contribution in [0.3, 0.4) is 0 Å². The van der Waals surface area contributed by atoms with Gasteiger partial charge in [-0.2, -0.15) is 0 Å². The van der Waals surface area contributed by atoms with Crippen LogP contribution in [-0.2, 0) is 9.59 Å². The number of hydrogen-bond donors (Lipinski definition) is 1. The van der Waals surface area contributed by atoms with Crippen LogP contribution in [0.4, 0.5) is 5.69 Å². The van der Waals surface area contributed by atoms with Crippen molar-refractivity contribution in [1.29, 1.82) is 0 Å². The lowest BCUT2D eigenvalue weighted by atomic mass is 10.2. The second-order valence-electron chi connectivity index (χ2n) is 4.61. The molecule has 5 heteroatoms. The van der Waals surface area contributed by atoms with Gasteiger partial charge in [0.2, 0.25) is 11.8 Å². The number of rotatable bonds is 5. The van der Waals surface area contributed by atoms with Crippen molar-refractivity contribution in [1.82, 2.24) is 4.90 Å². The molecule has 1 aromatic rings. The minimum absolute atomic E-state index is 0.00902. The van der Waals surface area contributed by atoms with E-state index in [-0.39, 0.29) is 17.9 Å². The maximum atomic E-state index is 11.8. The van der Waals surface area contributed by atoms with Gasteiger partial charge < -0.3 is 10.2 Å². The minimum atomic E-state index is -0.0926. The number of carbonyl (C=O) groups excluding carboxylic acids is 2. The molecule has 2 amide bonds. The number of halogens is 1. The summed E-state index contributed by atoms with van der Waals surface area (Å²) in [5.41, 5.74) is 0.748. The Morgan fingerprint density at radius 2 is 2.05 bits per heavy atom. The van der Waals surface area contributed by atoms with Crippen LogP contribution in [0, 0.1) is 0 Å². The third-order valence-corrected chi connectivity index (χ3v) is 3.21. The highest BCUT2D eigenvalue weighted by molar-refractivity contribution is 9.10. The molecule has 0 saturated heterocycles. The van der Waals surface area contributed by atoms with Crippen molar-refractivity contribution in [3.8, 4) is 0 Å². The smallest absolute Gasteiger partial charge is 0.226 e. The van der Waals surface area contributed by atoms with Gasteiger partial charge in [0.05, 0.1) is 0 Å². The number of hydrogen-bond acceptors (Lipinski definition) is 2. The fourth-order valence-electron chi connectivity index (χ4n) is 1.79. The van der Waals surface area contributed by atoms with Crippen molar-refractivity contribution >= 4 is 33.4 Å². The monoisotopic (exact) mass is 326 g/mol. The van der Waals surface area contributed by atoms with Crippen molar-refractivity contribution in [3.63, 3.8) is 0 Å². The lowest BCUT2D eigenvalue weighted by molar-refractivity contribution is -0.130. The third-order valence-electron chi connectivity index (χ3n) is 2.72. The van der Waals surface area contributed by atoms with Crippen LogP contribution in [0.2, 0.25) is 0 Å². The van der Waals surface area contributed by atoms with Crippen LogP contribution in [0.25, 0.3) is 0 Å². The second-order valence-corrected chi connectivity index (χ2v) is 5.53. The van der Waals surface area contributed by atoms with Crippen molar-refractivity contribution in [2.24, 2.45) is 0 Å². The van der Waals surface area contributed by atoms with E-state index in [0.29, 0.717) is 13.0 Å². The zero-order valence-corrected chi connectivity index (χ0v) is 13.0. The van der Waals surface area contributed by atoms with Crippen molar-refractivity contribution in [2.45, 2.75) is 33.2 Å². The lowest BCUT2D eigenvalue weighted by Crippen LogP contribution is -2.37. The van der Waals surface area contributed by atoms with Gasteiger partial charge in [-0.25, -0.2) is 0 Å². The van der Waals surface area contributed by atoms with Crippen LogP contribution < -0.4 is 5.32 Å². The molecule has 1 N–H and O–H groups in total. The normalized spacial score (nSPS) is 10.4. The molecule has 0 saturated carbocycles. The summed E-state index contributed by atoms with van der Waals surface area (Å²) in [5.74, 6) is -0.102. The third kappa shape index (κ3) is 5.42. The van der Waals surface area contributed by atoms with Crippen LogP contribution in [0.5, 0.6) is 0 Å². The fraction of sp³-hybridized carbons (Fsp3) is 0.429. The number of benzene rings is 1. The molecule has 0 aromatic heterocycles. The molecule has 0 atom stereocenters. The molecule has 0 aliphatic rings. The maximum Gasteiger partial charge on any atom is 0.226 e. The van der Waals surface area contributed by atoms with E-state index >= 15 is 0 Å². The first-order valence-corrected chi connectivity index (χ1v) is 7.02. The Morgan fingerprint density at radius 3 is 2.58 bits per heavy atom. The molecule has 0 aliphatic heterocycles. The fourth-order valence-corrected chi connectivity index (χ4v) is 2.19. The first-order valence-electron chi connectivity index (χ1n) is 6.22. The highest BCUT2D eigenvalue weighted by Gasteiger charge is 2.14. The lowest BCUT2D eigenvalue weighted by Gasteiger charge is -2.24. The van der Waals surface area contributed by atoms with Gasteiger partial charge in [0.15, 0.2) is 0 Å². The molecule has 0 aliphatic carbocycles. The van der Waals surface area contributed by atoms with Crippen LogP contribution in [0.15, 0.2) is 28.7 Å². The minimum Gasteiger partial charge on any atom is -0.340 e. The molecule has 1 rings (SSSR count). The van der Waals surface area contributed by atoms with Crippen molar-refractivity contribution in [2.75, 3.05) is 11.9 Å². The maximum absolute atomic E-state index is 11.8. The zero-order chi connectivity index (χ0) is 14.4. The first kappa shape index (κ1) is 15.7. The zero-order valence-electron chi connectivity index (χ0n) is 11.4. The van der Waals surface area contributed by atoms with Gasteiger partial charge in [0.25, 0.3) is 0 Å². The summed E-state index contributed by atoms with van der Waals surface area (Å²) >= 11 is 3.35. The molecule has 4 nitrogen and oxygen atoms in total. The van der Waals surface area contributed by atoms with Crippen molar-refractivity contribution < 1.29 is 9.59 Å². The number of amides is 2.